The molecule has 1 unspecified atom stereocenters. The molecule has 1 aliphatic heterocycles. The highest BCUT2D eigenvalue weighted by molar-refractivity contribution is 5.91. The van der Waals surface area contributed by atoms with Crippen molar-refractivity contribution in [2.45, 2.75) is 38.1 Å². The van der Waals surface area contributed by atoms with Gasteiger partial charge in [-0.3, -0.25) is 9.78 Å². The maximum atomic E-state index is 13.0. The maximum absolute atomic E-state index is 13.0. The predicted octanol–water partition coefficient (Wildman–Crippen LogP) is 4.22. The van der Waals surface area contributed by atoms with E-state index in [1.807, 2.05) is 41.3 Å². The number of rotatable bonds is 5. The van der Waals surface area contributed by atoms with Crippen molar-refractivity contribution < 1.29 is 9.32 Å². The lowest BCUT2D eigenvalue weighted by molar-refractivity contribution is 0.0564. The van der Waals surface area contributed by atoms with Crippen LogP contribution in [0.4, 0.5) is 0 Å². The molecule has 138 valence electrons. The average molecular weight is 361 g/mol. The monoisotopic (exact) mass is 361 g/mol. The Balaban J connectivity index is 1.46. The van der Waals surface area contributed by atoms with Crippen LogP contribution in [-0.2, 0) is 12.8 Å². The molecule has 5 heteroatoms. The fourth-order valence-electron chi connectivity index (χ4n) is 3.64. The maximum Gasteiger partial charge on any atom is 0.293 e. The number of carbonyl (C=O) groups excluding carboxylic acids is 1. The van der Waals surface area contributed by atoms with Crippen LogP contribution in [0.1, 0.15) is 52.8 Å². The summed E-state index contributed by atoms with van der Waals surface area (Å²) in [5.41, 5.74) is 3.00. The third-order valence-corrected chi connectivity index (χ3v) is 5.08. The summed E-state index contributed by atoms with van der Waals surface area (Å²) < 4.78 is 5.39. The molecule has 4 rings (SSSR count). The fourth-order valence-corrected chi connectivity index (χ4v) is 3.64. The van der Waals surface area contributed by atoms with Gasteiger partial charge in [0.25, 0.3) is 5.91 Å². The molecule has 1 aliphatic rings. The molecule has 1 fully saturated rings. The fraction of sp³-hybridized carbons (Fsp3) is 0.318. The van der Waals surface area contributed by atoms with Gasteiger partial charge in [0.05, 0.1) is 17.4 Å². The van der Waals surface area contributed by atoms with Crippen molar-refractivity contribution in [1.29, 1.82) is 0 Å². The molecule has 0 saturated carbocycles. The van der Waals surface area contributed by atoms with E-state index in [2.05, 4.69) is 22.3 Å². The van der Waals surface area contributed by atoms with Crippen LogP contribution >= 0.6 is 0 Å². The number of amides is 1. The number of nitrogens with zero attached hydrogens (tertiary/aromatic N) is 3. The van der Waals surface area contributed by atoms with Gasteiger partial charge in [0, 0.05) is 18.8 Å². The van der Waals surface area contributed by atoms with Gasteiger partial charge in [-0.05, 0) is 49.8 Å². The predicted molar refractivity (Wildman–Crippen MR) is 102 cm³/mol. The largest absolute Gasteiger partial charge is 0.351 e. The topological polar surface area (TPSA) is 59.2 Å². The number of aromatic nitrogens is 2. The van der Waals surface area contributed by atoms with E-state index < -0.39 is 0 Å². The summed E-state index contributed by atoms with van der Waals surface area (Å²) in [7, 11) is 0. The number of benzene rings is 1. The van der Waals surface area contributed by atoms with Crippen LogP contribution in [0.15, 0.2) is 65.3 Å². The van der Waals surface area contributed by atoms with Crippen molar-refractivity contribution in [3.05, 3.63) is 83.5 Å². The van der Waals surface area contributed by atoms with Gasteiger partial charge < -0.3 is 9.42 Å². The number of hydrogen-bond acceptors (Lipinski definition) is 4. The van der Waals surface area contributed by atoms with Crippen molar-refractivity contribution in [2.75, 3.05) is 6.54 Å². The Morgan fingerprint density at radius 3 is 2.74 bits per heavy atom. The number of piperidine rings is 1. The van der Waals surface area contributed by atoms with Crippen LogP contribution in [0.25, 0.3) is 0 Å². The lowest BCUT2D eigenvalue weighted by Gasteiger charge is -2.34. The molecular weight excluding hydrogens is 338 g/mol. The highest BCUT2D eigenvalue weighted by Crippen LogP contribution is 2.31. The Morgan fingerprint density at radius 1 is 1.07 bits per heavy atom. The van der Waals surface area contributed by atoms with Gasteiger partial charge in [-0.1, -0.05) is 41.6 Å². The molecule has 5 nitrogen and oxygen atoms in total. The molecule has 3 heterocycles. The van der Waals surface area contributed by atoms with Crippen molar-refractivity contribution in [1.82, 2.24) is 15.0 Å². The Kier molecular flexibility index (Phi) is 5.28. The summed E-state index contributed by atoms with van der Waals surface area (Å²) in [4.78, 5) is 19.4. The number of aryl methyl sites for hydroxylation is 2. The van der Waals surface area contributed by atoms with E-state index in [9.17, 15) is 4.79 Å². The van der Waals surface area contributed by atoms with E-state index >= 15 is 0 Å². The second-order valence-electron chi connectivity index (χ2n) is 6.93. The average Bonchev–Trinajstić information content (AvgIpc) is 3.22. The van der Waals surface area contributed by atoms with Gasteiger partial charge in [-0.25, -0.2) is 0 Å². The van der Waals surface area contributed by atoms with Gasteiger partial charge in [0.1, 0.15) is 0 Å². The first-order chi connectivity index (χ1) is 13.3. The van der Waals surface area contributed by atoms with E-state index in [-0.39, 0.29) is 11.9 Å². The molecule has 0 bridgehead atoms. The number of likely N-dealkylation sites (tertiary alicyclic amines) is 1. The van der Waals surface area contributed by atoms with Crippen LogP contribution < -0.4 is 0 Å². The summed E-state index contributed by atoms with van der Waals surface area (Å²) in [5, 5.41) is 4.11. The molecule has 1 atom stereocenters. The summed E-state index contributed by atoms with van der Waals surface area (Å²) in [6.07, 6.45) is 6.44. The number of pyridine rings is 1. The first-order valence-electron chi connectivity index (χ1n) is 9.53. The van der Waals surface area contributed by atoms with Crippen LogP contribution in [0.3, 0.4) is 0 Å². The quantitative estimate of drug-likeness (QED) is 0.683. The molecule has 0 radical (unpaired) electrons. The van der Waals surface area contributed by atoms with Crippen molar-refractivity contribution in [3.63, 3.8) is 0 Å². The van der Waals surface area contributed by atoms with Crippen LogP contribution in [0.2, 0.25) is 0 Å². The minimum atomic E-state index is -0.0937. The minimum Gasteiger partial charge on any atom is -0.351 e. The second-order valence-corrected chi connectivity index (χ2v) is 6.93. The highest BCUT2D eigenvalue weighted by Gasteiger charge is 2.31. The normalized spacial score (nSPS) is 17.0. The summed E-state index contributed by atoms with van der Waals surface area (Å²) in [5.74, 6) is 0.227. The Bertz CT molecular complexity index is 877. The zero-order valence-electron chi connectivity index (χ0n) is 15.3. The molecule has 0 N–H and O–H groups in total. The number of hydrogen-bond donors (Lipinski definition) is 0. The van der Waals surface area contributed by atoms with Crippen molar-refractivity contribution >= 4 is 5.91 Å². The van der Waals surface area contributed by atoms with E-state index in [1.54, 1.807) is 12.3 Å². The Labute approximate surface area is 159 Å². The third-order valence-electron chi connectivity index (χ3n) is 5.08. The summed E-state index contributed by atoms with van der Waals surface area (Å²) >= 11 is 0. The van der Waals surface area contributed by atoms with E-state index in [1.165, 1.54) is 5.56 Å². The van der Waals surface area contributed by atoms with Crippen molar-refractivity contribution in [3.8, 4) is 0 Å². The minimum absolute atomic E-state index is 0.00492. The smallest absolute Gasteiger partial charge is 0.293 e. The zero-order valence-corrected chi connectivity index (χ0v) is 15.3. The molecule has 0 spiro atoms. The van der Waals surface area contributed by atoms with Gasteiger partial charge in [-0.15, -0.1) is 0 Å². The van der Waals surface area contributed by atoms with Crippen LogP contribution in [-0.4, -0.2) is 27.5 Å². The number of carbonyl (C=O) groups is 1. The highest BCUT2D eigenvalue weighted by atomic mass is 16.5. The molecule has 1 amide bonds. The van der Waals surface area contributed by atoms with Gasteiger partial charge >= 0.3 is 0 Å². The third kappa shape index (κ3) is 4.08. The van der Waals surface area contributed by atoms with Gasteiger partial charge in [0.15, 0.2) is 0 Å². The Hall–Kier alpha value is -2.95. The molecule has 1 saturated heterocycles. The molecule has 2 aromatic heterocycles. The van der Waals surface area contributed by atoms with Gasteiger partial charge in [-0.2, -0.15) is 0 Å². The lowest BCUT2D eigenvalue weighted by atomic mass is 9.98. The van der Waals surface area contributed by atoms with E-state index in [0.29, 0.717) is 5.76 Å². The lowest BCUT2D eigenvalue weighted by Crippen LogP contribution is -2.38. The SMILES string of the molecule is O=C(c1cc(CCc2ccccc2)no1)N1CCCCC1c1ccccn1. The van der Waals surface area contributed by atoms with E-state index in [0.717, 1.165) is 50.0 Å². The molecular formula is C22H23N3O2. The molecule has 0 aliphatic carbocycles. The van der Waals surface area contributed by atoms with Crippen molar-refractivity contribution in [2.24, 2.45) is 0 Å². The first-order valence-corrected chi connectivity index (χ1v) is 9.53. The van der Waals surface area contributed by atoms with Gasteiger partial charge in [0.2, 0.25) is 5.76 Å². The molecule has 27 heavy (non-hydrogen) atoms. The first kappa shape index (κ1) is 17.5. The molecule has 1 aromatic carbocycles. The standard InChI is InChI=1S/C22H23N3O2/c26-22(25-15-7-5-11-20(25)19-10-4-6-14-23-19)21-16-18(24-27-21)13-12-17-8-2-1-3-9-17/h1-4,6,8-10,14,16,20H,5,7,11-13,15H2. The summed E-state index contributed by atoms with van der Waals surface area (Å²) in [6.45, 7) is 0.722. The second kappa shape index (κ2) is 8.16. The summed E-state index contributed by atoms with van der Waals surface area (Å²) in [6, 6.07) is 17.9. The Morgan fingerprint density at radius 2 is 1.93 bits per heavy atom. The van der Waals surface area contributed by atoms with Crippen LogP contribution in [0, 0.1) is 0 Å². The zero-order chi connectivity index (χ0) is 18.5. The molecule has 3 aromatic rings. The van der Waals surface area contributed by atoms with E-state index in [4.69, 9.17) is 4.52 Å². The van der Waals surface area contributed by atoms with Crippen LogP contribution in [0.5, 0.6) is 0 Å².